The van der Waals surface area contributed by atoms with Crippen molar-refractivity contribution < 1.29 is 23.5 Å². The van der Waals surface area contributed by atoms with Gasteiger partial charge < -0.3 is 20.1 Å². The Bertz CT molecular complexity index is 1100. The molecule has 0 aliphatic rings. The molecular formula is C24H23FN2O4S. The lowest BCUT2D eigenvalue weighted by Gasteiger charge is -2.12. The molecule has 2 N–H and O–H groups in total. The van der Waals surface area contributed by atoms with Crippen LogP contribution in [-0.4, -0.2) is 32.6 Å². The Kier molecular flexibility index (Phi) is 7.99. The van der Waals surface area contributed by atoms with E-state index in [-0.39, 0.29) is 11.5 Å². The van der Waals surface area contributed by atoms with Crippen LogP contribution in [0, 0.1) is 5.82 Å². The van der Waals surface area contributed by atoms with Crippen LogP contribution in [0.4, 0.5) is 4.39 Å². The average Bonchev–Trinajstić information content (AvgIpc) is 3.32. The highest BCUT2D eigenvalue weighted by atomic mass is 32.1. The first-order valence-electron chi connectivity index (χ1n) is 9.81. The molecule has 0 radical (unpaired) electrons. The molecule has 0 saturated heterocycles. The van der Waals surface area contributed by atoms with Gasteiger partial charge >= 0.3 is 0 Å². The number of ether oxygens (including phenoxy) is 2. The van der Waals surface area contributed by atoms with Gasteiger partial charge in [-0.15, -0.1) is 11.3 Å². The van der Waals surface area contributed by atoms with Gasteiger partial charge in [-0.05, 0) is 59.8 Å². The molecule has 32 heavy (non-hydrogen) atoms. The number of carbonyl (C=O) groups is 2. The van der Waals surface area contributed by atoms with E-state index < -0.39 is 11.8 Å². The lowest BCUT2D eigenvalue weighted by Crippen LogP contribution is -2.35. The summed E-state index contributed by atoms with van der Waals surface area (Å²) in [6.07, 6.45) is 2.15. The van der Waals surface area contributed by atoms with E-state index in [2.05, 4.69) is 10.6 Å². The van der Waals surface area contributed by atoms with Gasteiger partial charge in [0.05, 0.1) is 14.2 Å². The fraction of sp³-hybridized carbons (Fsp3) is 0.167. The van der Waals surface area contributed by atoms with Gasteiger partial charge in [-0.25, -0.2) is 4.39 Å². The standard InChI is InChI=1S/C24H23FN2O4S/c1-30-21-10-7-17(14-22(21)31-2)23(28)27-20(15-19-4-3-13-32-19)24(29)26-12-11-16-5-8-18(25)9-6-16/h3-10,13-15H,11-12H2,1-2H3,(H,26,29)(H,27,28)/b20-15-. The third kappa shape index (κ3) is 6.18. The van der Waals surface area contributed by atoms with Gasteiger partial charge in [-0.1, -0.05) is 18.2 Å². The third-order valence-corrected chi connectivity index (χ3v) is 5.40. The SMILES string of the molecule is COc1ccc(C(=O)N/C(=C\c2cccs2)C(=O)NCCc2ccc(F)cc2)cc1OC. The minimum Gasteiger partial charge on any atom is -0.493 e. The Morgan fingerprint density at radius 3 is 2.44 bits per heavy atom. The molecule has 0 aliphatic heterocycles. The molecule has 3 rings (SSSR count). The van der Waals surface area contributed by atoms with Gasteiger partial charge in [0.25, 0.3) is 11.8 Å². The van der Waals surface area contributed by atoms with Crippen molar-refractivity contribution in [3.63, 3.8) is 0 Å². The van der Waals surface area contributed by atoms with Crippen LogP contribution in [0.1, 0.15) is 20.8 Å². The van der Waals surface area contributed by atoms with E-state index in [9.17, 15) is 14.0 Å². The number of hydrogen-bond donors (Lipinski definition) is 2. The van der Waals surface area contributed by atoms with Crippen molar-refractivity contribution in [1.29, 1.82) is 0 Å². The molecular weight excluding hydrogens is 431 g/mol. The number of methoxy groups -OCH3 is 2. The van der Waals surface area contributed by atoms with E-state index in [1.54, 1.807) is 36.4 Å². The van der Waals surface area contributed by atoms with E-state index in [0.717, 1.165) is 10.4 Å². The molecule has 1 heterocycles. The lowest BCUT2D eigenvalue weighted by atomic mass is 10.1. The summed E-state index contributed by atoms with van der Waals surface area (Å²) in [6, 6.07) is 14.6. The van der Waals surface area contributed by atoms with Crippen LogP contribution >= 0.6 is 11.3 Å². The Hall–Kier alpha value is -3.65. The average molecular weight is 455 g/mol. The van der Waals surface area contributed by atoms with Crippen molar-refractivity contribution in [3.8, 4) is 11.5 Å². The predicted octanol–water partition coefficient (Wildman–Crippen LogP) is 4.03. The third-order valence-electron chi connectivity index (χ3n) is 4.58. The largest absolute Gasteiger partial charge is 0.493 e. The first-order chi connectivity index (χ1) is 15.5. The highest BCUT2D eigenvalue weighted by Gasteiger charge is 2.16. The normalized spacial score (nSPS) is 11.0. The number of amides is 2. The maximum absolute atomic E-state index is 13.0. The Balaban J connectivity index is 1.72. The summed E-state index contributed by atoms with van der Waals surface area (Å²) in [7, 11) is 2.99. The van der Waals surface area contributed by atoms with Crippen molar-refractivity contribution in [1.82, 2.24) is 10.6 Å². The zero-order valence-electron chi connectivity index (χ0n) is 17.7. The summed E-state index contributed by atoms with van der Waals surface area (Å²) in [5, 5.41) is 7.37. The number of hydrogen-bond acceptors (Lipinski definition) is 5. The summed E-state index contributed by atoms with van der Waals surface area (Å²) >= 11 is 1.44. The molecule has 6 nitrogen and oxygen atoms in total. The summed E-state index contributed by atoms with van der Waals surface area (Å²) in [5.74, 6) is -0.279. The smallest absolute Gasteiger partial charge is 0.267 e. The number of carbonyl (C=O) groups excluding carboxylic acids is 2. The van der Waals surface area contributed by atoms with E-state index in [1.807, 2.05) is 17.5 Å². The van der Waals surface area contributed by atoms with Crippen molar-refractivity contribution in [3.05, 3.63) is 87.5 Å². The number of rotatable bonds is 9. The molecule has 3 aromatic rings. The molecule has 2 amide bonds. The van der Waals surface area contributed by atoms with Gasteiger partial charge in [0.1, 0.15) is 11.5 Å². The maximum Gasteiger partial charge on any atom is 0.267 e. The molecule has 0 spiro atoms. The van der Waals surface area contributed by atoms with Crippen LogP contribution in [0.25, 0.3) is 6.08 Å². The summed E-state index contributed by atoms with van der Waals surface area (Å²) in [5.41, 5.74) is 1.33. The van der Waals surface area contributed by atoms with Gasteiger partial charge in [0, 0.05) is 17.0 Å². The molecule has 0 unspecified atom stereocenters. The summed E-state index contributed by atoms with van der Waals surface area (Å²) < 4.78 is 23.5. The number of nitrogens with one attached hydrogen (secondary N) is 2. The molecule has 0 fully saturated rings. The minimum atomic E-state index is -0.456. The van der Waals surface area contributed by atoms with E-state index in [4.69, 9.17) is 9.47 Å². The highest BCUT2D eigenvalue weighted by Crippen LogP contribution is 2.27. The molecule has 0 aliphatic carbocycles. The van der Waals surface area contributed by atoms with E-state index in [1.165, 1.54) is 37.7 Å². The first-order valence-corrected chi connectivity index (χ1v) is 10.7. The summed E-state index contributed by atoms with van der Waals surface area (Å²) in [4.78, 5) is 26.5. The van der Waals surface area contributed by atoms with Gasteiger partial charge in [-0.2, -0.15) is 0 Å². The van der Waals surface area contributed by atoms with Crippen molar-refractivity contribution in [2.24, 2.45) is 0 Å². The van der Waals surface area contributed by atoms with Crippen LogP contribution < -0.4 is 20.1 Å². The van der Waals surface area contributed by atoms with E-state index in [0.29, 0.717) is 30.0 Å². The van der Waals surface area contributed by atoms with Gasteiger partial charge in [-0.3, -0.25) is 9.59 Å². The molecule has 0 atom stereocenters. The molecule has 166 valence electrons. The van der Waals surface area contributed by atoms with Gasteiger partial charge in [0.2, 0.25) is 0 Å². The van der Waals surface area contributed by atoms with Crippen LogP contribution in [0.15, 0.2) is 65.7 Å². The fourth-order valence-corrected chi connectivity index (χ4v) is 3.57. The van der Waals surface area contributed by atoms with Crippen LogP contribution in [-0.2, 0) is 11.2 Å². The van der Waals surface area contributed by atoms with Crippen molar-refractivity contribution >= 4 is 29.2 Å². The quantitative estimate of drug-likeness (QED) is 0.479. The van der Waals surface area contributed by atoms with Crippen LogP contribution in [0.2, 0.25) is 0 Å². The zero-order valence-corrected chi connectivity index (χ0v) is 18.5. The first kappa shape index (κ1) is 23.0. The topological polar surface area (TPSA) is 76.7 Å². The molecule has 0 bridgehead atoms. The number of thiophene rings is 1. The van der Waals surface area contributed by atoms with Crippen LogP contribution in [0.5, 0.6) is 11.5 Å². The van der Waals surface area contributed by atoms with Crippen molar-refractivity contribution in [2.45, 2.75) is 6.42 Å². The lowest BCUT2D eigenvalue weighted by molar-refractivity contribution is -0.117. The maximum atomic E-state index is 13.0. The second-order valence-electron chi connectivity index (χ2n) is 6.73. The van der Waals surface area contributed by atoms with Crippen LogP contribution in [0.3, 0.4) is 0 Å². The molecule has 8 heteroatoms. The van der Waals surface area contributed by atoms with Crippen molar-refractivity contribution in [2.75, 3.05) is 20.8 Å². The Morgan fingerprint density at radius 1 is 1.03 bits per heavy atom. The zero-order chi connectivity index (χ0) is 22.9. The second kappa shape index (κ2) is 11.1. The fourth-order valence-electron chi connectivity index (χ4n) is 2.91. The predicted molar refractivity (Wildman–Crippen MR) is 122 cm³/mol. The highest BCUT2D eigenvalue weighted by molar-refractivity contribution is 7.10. The van der Waals surface area contributed by atoms with E-state index >= 15 is 0 Å². The Morgan fingerprint density at radius 2 is 1.78 bits per heavy atom. The molecule has 1 aromatic heterocycles. The number of benzene rings is 2. The monoisotopic (exact) mass is 454 g/mol. The second-order valence-corrected chi connectivity index (χ2v) is 7.71. The Labute approximate surface area is 189 Å². The van der Waals surface area contributed by atoms with Gasteiger partial charge in [0.15, 0.2) is 11.5 Å². The number of halogens is 1. The molecule has 2 aromatic carbocycles. The summed E-state index contributed by atoms with van der Waals surface area (Å²) in [6.45, 7) is 0.332. The molecule has 0 saturated carbocycles. The minimum absolute atomic E-state index is 0.117.